The fourth-order valence-electron chi connectivity index (χ4n) is 4.39. The van der Waals surface area contributed by atoms with Crippen LogP contribution in [0.3, 0.4) is 0 Å². The smallest absolute Gasteiger partial charge is 0.348 e. The summed E-state index contributed by atoms with van der Waals surface area (Å²) in [5.41, 5.74) is 3.45. The van der Waals surface area contributed by atoms with Crippen LogP contribution in [0.5, 0.6) is 11.5 Å². The lowest BCUT2D eigenvalue weighted by Gasteiger charge is -2.20. The molecule has 2 heterocycles. The molecule has 1 aromatic heterocycles. The van der Waals surface area contributed by atoms with E-state index in [0.29, 0.717) is 42.9 Å². The number of nitrogens with zero attached hydrogens (tertiary/aromatic N) is 2. The van der Waals surface area contributed by atoms with Gasteiger partial charge in [0.1, 0.15) is 11.5 Å². The average molecular weight is 409 g/mol. The lowest BCUT2D eigenvalue weighted by Crippen LogP contribution is -2.30. The lowest BCUT2D eigenvalue weighted by molar-refractivity contribution is -0.147. The number of ether oxygens (including phenoxy) is 2. The van der Waals surface area contributed by atoms with Crippen LogP contribution in [0.4, 0.5) is 0 Å². The molecule has 0 atom stereocenters. The molecule has 156 valence electrons. The predicted octanol–water partition coefficient (Wildman–Crippen LogP) is 2.60. The number of H-pyrrole nitrogens is 1. The van der Waals surface area contributed by atoms with Crippen LogP contribution < -0.4 is 5.69 Å². The van der Waals surface area contributed by atoms with Gasteiger partial charge in [0.15, 0.2) is 11.6 Å². The molecule has 3 aromatic rings. The molecule has 3 N–H and O–H groups in total. The quantitative estimate of drug-likeness (QED) is 0.613. The Labute approximate surface area is 172 Å². The van der Waals surface area contributed by atoms with Crippen molar-refractivity contribution in [2.24, 2.45) is 0 Å². The van der Waals surface area contributed by atoms with Crippen molar-refractivity contribution >= 4 is 0 Å². The van der Waals surface area contributed by atoms with Gasteiger partial charge in [-0.2, -0.15) is 5.10 Å². The fourth-order valence-corrected chi connectivity index (χ4v) is 4.39. The molecule has 2 aromatic carbocycles. The Morgan fingerprint density at radius 1 is 1.07 bits per heavy atom. The third-order valence-electron chi connectivity index (χ3n) is 5.86. The summed E-state index contributed by atoms with van der Waals surface area (Å²) in [5, 5.41) is 27.2. The Bertz CT molecular complexity index is 1190. The highest BCUT2D eigenvalue weighted by Gasteiger charge is 2.42. The summed E-state index contributed by atoms with van der Waals surface area (Å²) in [4.78, 5) is 12.6. The van der Waals surface area contributed by atoms with Crippen LogP contribution in [0.15, 0.2) is 35.1 Å². The third-order valence-corrected chi connectivity index (χ3v) is 5.86. The third kappa shape index (κ3) is 2.91. The maximum atomic E-state index is 12.6. The number of phenolic OH excluding ortho intramolecular Hbond substituents is 2. The Morgan fingerprint density at radius 2 is 1.80 bits per heavy atom. The van der Waals surface area contributed by atoms with Gasteiger partial charge in [0.2, 0.25) is 0 Å². The molecule has 0 saturated carbocycles. The minimum Gasteiger partial charge on any atom is -0.508 e. The largest absolute Gasteiger partial charge is 0.508 e. The molecule has 1 fully saturated rings. The van der Waals surface area contributed by atoms with E-state index in [4.69, 9.17) is 9.47 Å². The molecule has 8 nitrogen and oxygen atoms in total. The van der Waals surface area contributed by atoms with Crippen molar-refractivity contribution in [2.45, 2.75) is 38.4 Å². The van der Waals surface area contributed by atoms with Crippen LogP contribution in [0.2, 0.25) is 0 Å². The summed E-state index contributed by atoms with van der Waals surface area (Å²) in [6.45, 7) is 5.06. The molecular weight excluding hydrogens is 386 g/mol. The molecule has 30 heavy (non-hydrogen) atoms. The van der Waals surface area contributed by atoms with Crippen molar-refractivity contribution in [3.05, 3.63) is 57.5 Å². The van der Waals surface area contributed by atoms with E-state index in [0.717, 1.165) is 11.1 Å². The SMILES string of the molecule is CC(C)c1cc(-c2n[nH]c(=O)n2-c2ccc3c(c2)CC2(C3)OCCO2)c(O)cc1O. The number of aromatic hydroxyl groups is 2. The van der Waals surface area contributed by atoms with Gasteiger partial charge >= 0.3 is 5.69 Å². The summed E-state index contributed by atoms with van der Waals surface area (Å²) in [5.74, 6) is -0.418. The summed E-state index contributed by atoms with van der Waals surface area (Å²) < 4.78 is 13.1. The van der Waals surface area contributed by atoms with Crippen molar-refractivity contribution in [3.63, 3.8) is 0 Å². The standard InChI is InChI=1S/C22H23N3O5/c1-12(2)16-8-17(19(27)9-18(16)26)20-23-24-21(28)25(20)15-4-3-13-10-22(11-14(13)7-15)29-5-6-30-22/h3-4,7-9,12,26-27H,5-6,10-11H2,1-2H3,(H,24,28). The number of phenols is 2. The minimum atomic E-state index is -0.591. The van der Waals surface area contributed by atoms with Crippen LogP contribution in [-0.4, -0.2) is 44.0 Å². The van der Waals surface area contributed by atoms with E-state index in [-0.39, 0.29) is 23.2 Å². The molecule has 5 rings (SSSR count). The number of rotatable bonds is 3. The first-order valence-electron chi connectivity index (χ1n) is 10.0. The first kappa shape index (κ1) is 18.9. The maximum Gasteiger partial charge on any atom is 0.348 e. The second kappa shape index (κ2) is 6.72. The van der Waals surface area contributed by atoms with E-state index in [2.05, 4.69) is 10.2 Å². The number of fused-ring (bicyclic) bond motifs is 1. The zero-order valence-electron chi connectivity index (χ0n) is 16.8. The molecule has 1 aliphatic heterocycles. The van der Waals surface area contributed by atoms with E-state index in [9.17, 15) is 15.0 Å². The van der Waals surface area contributed by atoms with Crippen LogP contribution in [0, 0.1) is 0 Å². The Balaban J connectivity index is 1.60. The summed E-state index contributed by atoms with van der Waals surface area (Å²) in [7, 11) is 0. The Morgan fingerprint density at radius 3 is 2.53 bits per heavy atom. The molecule has 1 spiro atoms. The van der Waals surface area contributed by atoms with Gasteiger partial charge in [-0.3, -0.25) is 0 Å². The zero-order valence-corrected chi connectivity index (χ0v) is 16.8. The fraction of sp³-hybridized carbons (Fsp3) is 0.364. The molecule has 1 saturated heterocycles. The number of hydrogen-bond acceptors (Lipinski definition) is 6. The van der Waals surface area contributed by atoms with Gasteiger partial charge in [-0.15, -0.1) is 0 Å². The average Bonchev–Trinajstić information content (AvgIpc) is 3.39. The number of hydrogen-bond donors (Lipinski definition) is 3. The summed E-state index contributed by atoms with van der Waals surface area (Å²) in [6.07, 6.45) is 1.31. The highest BCUT2D eigenvalue weighted by atomic mass is 16.7. The van der Waals surface area contributed by atoms with Crippen LogP contribution in [-0.2, 0) is 22.3 Å². The van der Waals surface area contributed by atoms with Gasteiger partial charge in [0.25, 0.3) is 0 Å². The summed E-state index contributed by atoms with van der Waals surface area (Å²) in [6, 6.07) is 8.73. The van der Waals surface area contributed by atoms with Gasteiger partial charge in [0, 0.05) is 18.9 Å². The van der Waals surface area contributed by atoms with Gasteiger partial charge in [-0.25, -0.2) is 14.5 Å². The van der Waals surface area contributed by atoms with Gasteiger partial charge in [0.05, 0.1) is 24.5 Å². The Hall–Kier alpha value is -3.10. The molecule has 2 aliphatic rings. The van der Waals surface area contributed by atoms with Crippen LogP contribution in [0.1, 0.15) is 36.5 Å². The molecule has 1 aliphatic carbocycles. The zero-order chi connectivity index (χ0) is 21.0. The normalized spacial score (nSPS) is 17.2. The highest BCUT2D eigenvalue weighted by molar-refractivity contribution is 5.69. The van der Waals surface area contributed by atoms with Crippen molar-refractivity contribution < 1.29 is 19.7 Å². The molecular formula is C22H23N3O5. The molecule has 0 radical (unpaired) electrons. The van der Waals surface area contributed by atoms with E-state index in [1.165, 1.54) is 10.6 Å². The van der Waals surface area contributed by atoms with E-state index >= 15 is 0 Å². The number of aromatic amines is 1. The molecule has 0 bridgehead atoms. The number of benzene rings is 2. The molecule has 8 heteroatoms. The monoisotopic (exact) mass is 409 g/mol. The van der Waals surface area contributed by atoms with Crippen molar-refractivity contribution in [3.8, 4) is 28.6 Å². The first-order valence-corrected chi connectivity index (χ1v) is 10.0. The first-order chi connectivity index (χ1) is 14.4. The molecule has 0 unspecified atom stereocenters. The highest BCUT2D eigenvalue weighted by Crippen LogP contribution is 2.39. The van der Waals surface area contributed by atoms with E-state index < -0.39 is 11.5 Å². The van der Waals surface area contributed by atoms with Gasteiger partial charge < -0.3 is 19.7 Å². The van der Waals surface area contributed by atoms with Crippen molar-refractivity contribution in [1.82, 2.24) is 14.8 Å². The second-order valence-corrected chi connectivity index (χ2v) is 8.18. The maximum absolute atomic E-state index is 12.6. The topological polar surface area (TPSA) is 110 Å². The second-order valence-electron chi connectivity index (χ2n) is 8.18. The van der Waals surface area contributed by atoms with Gasteiger partial charge in [-0.05, 0) is 40.8 Å². The number of aromatic nitrogens is 3. The number of nitrogens with one attached hydrogen (secondary N) is 1. The summed E-state index contributed by atoms with van der Waals surface area (Å²) >= 11 is 0. The molecule has 0 amide bonds. The van der Waals surface area contributed by atoms with Crippen molar-refractivity contribution in [1.29, 1.82) is 0 Å². The van der Waals surface area contributed by atoms with Gasteiger partial charge in [-0.1, -0.05) is 19.9 Å². The Kier molecular flexibility index (Phi) is 4.23. The predicted molar refractivity (Wildman–Crippen MR) is 109 cm³/mol. The van der Waals surface area contributed by atoms with E-state index in [1.807, 2.05) is 32.0 Å². The van der Waals surface area contributed by atoms with Crippen molar-refractivity contribution in [2.75, 3.05) is 13.2 Å². The lowest BCUT2D eigenvalue weighted by atomic mass is 9.98. The van der Waals surface area contributed by atoms with Crippen LogP contribution in [0.25, 0.3) is 17.1 Å². The van der Waals surface area contributed by atoms with Crippen LogP contribution >= 0.6 is 0 Å². The minimum absolute atomic E-state index is 0.00933. The van der Waals surface area contributed by atoms with E-state index in [1.54, 1.807) is 6.07 Å².